The minimum atomic E-state index is -3.46. The lowest BCUT2D eigenvalue weighted by Gasteiger charge is -2.18. The summed E-state index contributed by atoms with van der Waals surface area (Å²) in [6.07, 6.45) is 3.32. The average Bonchev–Trinajstić information content (AvgIpc) is 2.48. The first-order valence-electron chi connectivity index (χ1n) is 7.16. The van der Waals surface area contributed by atoms with Gasteiger partial charge in [-0.3, -0.25) is 4.79 Å². The normalized spacial score (nSPS) is 19.1. The average molecular weight is 336 g/mol. The first kappa shape index (κ1) is 17.2. The van der Waals surface area contributed by atoms with E-state index in [1.165, 1.54) is 7.11 Å². The topological polar surface area (TPSA) is 84.8 Å². The smallest absolute Gasteiger partial charge is 0.240 e. The van der Waals surface area contributed by atoms with Gasteiger partial charge < -0.3 is 4.74 Å². The molecule has 1 unspecified atom stereocenters. The molecule has 1 N–H and O–H groups in total. The van der Waals surface area contributed by atoms with Gasteiger partial charge in [0.1, 0.15) is 10.6 Å². The minimum Gasteiger partial charge on any atom is -0.495 e. The summed E-state index contributed by atoms with van der Waals surface area (Å²) >= 11 is 0. The van der Waals surface area contributed by atoms with Crippen LogP contribution in [-0.2, 0) is 14.6 Å². The largest absolute Gasteiger partial charge is 0.495 e. The molecule has 7 heteroatoms. The van der Waals surface area contributed by atoms with Crippen LogP contribution in [0.5, 0.6) is 5.75 Å². The highest BCUT2D eigenvalue weighted by molar-refractivity contribution is 7.90. The highest BCUT2D eigenvalue weighted by Gasteiger charge is 2.22. The molecular weight excluding hydrogens is 316 g/mol. The van der Waals surface area contributed by atoms with Crippen molar-refractivity contribution in [1.29, 1.82) is 0 Å². The Bertz CT molecular complexity index is 794. The summed E-state index contributed by atoms with van der Waals surface area (Å²) in [4.78, 5) is 11.5. The molecule has 0 radical (unpaired) electrons. The van der Waals surface area contributed by atoms with Gasteiger partial charge in [-0.2, -0.15) is 5.10 Å². The van der Waals surface area contributed by atoms with E-state index in [1.54, 1.807) is 24.3 Å². The van der Waals surface area contributed by atoms with Crippen molar-refractivity contribution < 1.29 is 17.9 Å². The summed E-state index contributed by atoms with van der Waals surface area (Å²) in [5.74, 6) is 0.168. The van der Waals surface area contributed by atoms with Gasteiger partial charge in [0.15, 0.2) is 9.84 Å². The number of ether oxygens (including phenoxy) is 1. The molecule has 1 aliphatic rings. The Kier molecular flexibility index (Phi) is 4.89. The van der Waals surface area contributed by atoms with Crippen molar-refractivity contribution in [2.75, 3.05) is 13.4 Å². The van der Waals surface area contributed by atoms with Crippen LogP contribution in [-0.4, -0.2) is 33.4 Å². The number of amides is 1. The minimum absolute atomic E-state index is 0.0222. The SMILES string of the molecule is COc1cccc(C(C)=CC2=NNC(=O)CC2C)c1S(C)(=O)=O. The molecule has 2 rings (SSSR count). The van der Waals surface area contributed by atoms with Gasteiger partial charge in [0, 0.05) is 18.6 Å². The molecule has 1 aromatic rings. The highest BCUT2D eigenvalue weighted by Crippen LogP contribution is 2.32. The van der Waals surface area contributed by atoms with E-state index in [0.29, 0.717) is 23.4 Å². The van der Waals surface area contributed by atoms with Crippen LogP contribution in [0.3, 0.4) is 0 Å². The lowest BCUT2D eigenvalue weighted by atomic mass is 9.96. The van der Waals surface area contributed by atoms with Gasteiger partial charge in [0.05, 0.1) is 12.8 Å². The zero-order valence-electron chi connectivity index (χ0n) is 13.6. The van der Waals surface area contributed by atoms with Crippen LogP contribution in [0.4, 0.5) is 0 Å². The molecule has 6 nitrogen and oxygen atoms in total. The van der Waals surface area contributed by atoms with Crippen molar-refractivity contribution in [3.05, 3.63) is 29.8 Å². The lowest BCUT2D eigenvalue weighted by molar-refractivity contribution is -0.121. The molecule has 1 amide bonds. The Hall–Kier alpha value is -2.15. The van der Waals surface area contributed by atoms with Crippen LogP contribution in [0.2, 0.25) is 0 Å². The summed E-state index contributed by atoms with van der Waals surface area (Å²) in [5, 5.41) is 4.05. The standard InChI is InChI=1S/C16H20N2O4S/c1-10(8-13-11(2)9-15(19)18-17-13)12-6-5-7-14(22-3)16(12)23(4,20)21/h5-8,11H,9H2,1-4H3,(H,18,19). The molecule has 1 atom stereocenters. The fraction of sp³-hybridized carbons (Fsp3) is 0.375. The molecule has 1 heterocycles. The van der Waals surface area contributed by atoms with E-state index in [1.807, 2.05) is 13.8 Å². The number of sulfone groups is 1. The molecule has 1 aromatic carbocycles. The summed E-state index contributed by atoms with van der Waals surface area (Å²) in [6, 6.07) is 5.10. The molecule has 0 aliphatic carbocycles. The third kappa shape index (κ3) is 3.79. The van der Waals surface area contributed by atoms with Gasteiger partial charge in [-0.25, -0.2) is 13.8 Å². The number of allylic oxidation sites excluding steroid dienone is 2. The maximum atomic E-state index is 12.1. The number of nitrogens with one attached hydrogen (secondary N) is 1. The first-order valence-corrected chi connectivity index (χ1v) is 9.05. The van der Waals surface area contributed by atoms with Crippen LogP contribution in [0.25, 0.3) is 5.57 Å². The molecule has 1 aliphatic heterocycles. The Balaban J connectivity index is 2.54. The molecule has 0 saturated carbocycles. The number of carbonyl (C=O) groups is 1. The maximum absolute atomic E-state index is 12.1. The fourth-order valence-corrected chi connectivity index (χ4v) is 3.65. The highest BCUT2D eigenvalue weighted by atomic mass is 32.2. The van der Waals surface area contributed by atoms with E-state index < -0.39 is 9.84 Å². The Labute approximate surface area is 136 Å². The van der Waals surface area contributed by atoms with Crippen molar-refractivity contribution in [3.63, 3.8) is 0 Å². The molecule has 0 bridgehead atoms. The number of rotatable bonds is 4. The molecular formula is C16H20N2O4S. The van der Waals surface area contributed by atoms with Gasteiger partial charge >= 0.3 is 0 Å². The van der Waals surface area contributed by atoms with Gasteiger partial charge in [-0.05, 0) is 30.2 Å². The van der Waals surface area contributed by atoms with Gasteiger partial charge in [0.25, 0.3) is 0 Å². The molecule has 23 heavy (non-hydrogen) atoms. The Morgan fingerprint density at radius 2 is 2.13 bits per heavy atom. The molecule has 0 fully saturated rings. The van der Waals surface area contributed by atoms with Crippen molar-refractivity contribution in [1.82, 2.24) is 5.43 Å². The number of nitrogens with zero attached hydrogens (tertiary/aromatic N) is 1. The van der Waals surface area contributed by atoms with E-state index in [2.05, 4.69) is 10.5 Å². The zero-order valence-corrected chi connectivity index (χ0v) is 14.4. The van der Waals surface area contributed by atoms with Crippen LogP contribution in [0.15, 0.2) is 34.3 Å². The first-order chi connectivity index (χ1) is 10.7. The van der Waals surface area contributed by atoms with E-state index in [4.69, 9.17) is 4.74 Å². The summed E-state index contributed by atoms with van der Waals surface area (Å²) in [7, 11) is -2.02. The predicted octanol–water partition coefficient (Wildman–Crippen LogP) is 2.01. The summed E-state index contributed by atoms with van der Waals surface area (Å²) in [5.41, 5.74) is 4.47. The zero-order chi connectivity index (χ0) is 17.2. The second kappa shape index (κ2) is 6.54. The quantitative estimate of drug-likeness (QED) is 0.911. The maximum Gasteiger partial charge on any atom is 0.240 e. The summed E-state index contributed by atoms with van der Waals surface area (Å²) < 4.78 is 29.5. The Morgan fingerprint density at radius 3 is 2.70 bits per heavy atom. The van der Waals surface area contributed by atoms with Gasteiger partial charge in [-0.1, -0.05) is 19.1 Å². The molecule has 0 saturated heterocycles. The van der Waals surface area contributed by atoms with E-state index in [0.717, 1.165) is 11.8 Å². The van der Waals surface area contributed by atoms with E-state index in [-0.39, 0.29) is 16.7 Å². The lowest BCUT2D eigenvalue weighted by Crippen LogP contribution is -2.30. The number of carbonyl (C=O) groups excluding carboxylic acids is 1. The van der Waals surface area contributed by atoms with Crippen LogP contribution < -0.4 is 10.2 Å². The van der Waals surface area contributed by atoms with E-state index in [9.17, 15) is 13.2 Å². The third-order valence-corrected chi connectivity index (χ3v) is 4.83. The molecule has 0 aromatic heterocycles. The van der Waals surface area contributed by atoms with Crippen LogP contribution in [0, 0.1) is 5.92 Å². The molecule has 0 spiro atoms. The van der Waals surface area contributed by atoms with Crippen molar-refractivity contribution in [2.45, 2.75) is 25.2 Å². The van der Waals surface area contributed by atoms with Crippen molar-refractivity contribution in [2.24, 2.45) is 11.0 Å². The number of hydrogen-bond acceptors (Lipinski definition) is 5. The van der Waals surface area contributed by atoms with E-state index >= 15 is 0 Å². The second-order valence-corrected chi connectivity index (χ2v) is 7.57. The number of hydrogen-bond donors (Lipinski definition) is 1. The summed E-state index contributed by atoms with van der Waals surface area (Å²) in [6.45, 7) is 3.72. The Morgan fingerprint density at radius 1 is 1.43 bits per heavy atom. The predicted molar refractivity (Wildman–Crippen MR) is 89.1 cm³/mol. The van der Waals surface area contributed by atoms with Crippen LogP contribution in [0.1, 0.15) is 25.8 Å². The van der Waals surface area contributed by atoms with Crippen molar-refractivity contribution in [3.8, 4) is 5.75 Å². The number of benzene rings is 1. The fourth-order valence-electron chi connectivity index (χ4n) is 2.51. The second-order valence-electron chi connectivity index (χ2n) is 5.61. The van der Waals surface area contributed by atoms with Crippen LogP contribution >= 0.6 is 0 Å². The van der Waals surface area contributed by atoms with Crippen molar-refractivity contribution >= 4 is 27.0 Å². The van der Waals surface area contributed by atoms with Gasteiger partial charge in [0.2, 0.25) is 5.91 Å². The van der Waals surface area contributed by atoms with Gasteiger partial charge in [-0.15, -0.1) is 0 Å². The third-order valence-electron chi connectivity index (χ3n) is 3.67. The molecule has 124 valence electrons. The number of hydrazone groups is 1. The monoisotopic (exact) mass is 336 g/mol. The number of methoxy groups -OCH3 is 1.